The summed E-state index contributed by atoms with van der Waals surface area (Å²) >= 11 is 4.71. The van der Waals surface area contributed by atoms with E-state index in [9.17, 15) is 24.3 Å². The van der Waals surface area contributed by atoms with Crippen molar-refractivity contribution in [2.45, 2.75) is 28.8 Å². The van der Waals surface area contributed by atoms with E-state index < -0.39 is 47.0 Å². The Bertz CT molecular complexity index is 1260. The lowest BCUT2D eigenvalue weighted by Crippen LogP contribution is -2.71. The summed E-state index contributed by atoms with van der Waals surface area (Å²) in [5.74, 6) is -3.70. The number of nitrogens with one attached hydrogen (secondary N) is 1. The molecule has 4 heterocycles. The lowest BCUT2D eigenvalue weighted by Gasteiger charge is -2.49. The standard InChI is InChI=1S/C17H16N8O7S4/c1-5(14(28)29)32-23-7(10-21-16(18)36-24-10)11(26)20-8-12(27)25-9(15(30)31)6(2-33-13(8)25)3-34-17-22-19-4-35-17/h4-5,8,13H,2-3H2,1H3,(H,20,26)(H,28,29)(H,30,31)(H2,18,21,24)/t5?,8?,13-/m1/s1. The van der Waals surface area contributed by atoms with E-state index in [1.807, 2.05) is 0 Å². The normalized spacial score (nSPS) is 20.4. The highest BCUT2D eigenvalue weighted by Gasteiger charge is 2.54. The average molecular weight is 573 g/mol. The van der Waals surface area contributed by atoms with Gasteiger partial charge < -0.3 is 26.1 Å². The molecule has 2 aliphatic heterocycles. The highest BCUT2D eigenvalue weighted by Crippen LogP contribution is 2.41. The zero-order valence-electron chi connectivity index (χ0n) is 18.1. The number of amides is 2. The number of anilines is 1. The quantitative estimate of drug-likeness (QED) is 0.124. The van der Waals surface area contributed by atoms with Gasteiger partial charge in [-0.3, -0.25) is 14.5 Å². The average Bonchev–Trinajstić information content (AvgIpc) is 3.52. The summed E-state index contributed by atoms with van der Waals surface area (Å²) in [6.07, 6.45) is -1.38. The van der Waals surface area contributed by atoms with Crippen LogP contribution in [-0.4, -0.2) is 93.2 Å². The zero-order valence-corrected chi connectivity index (χ0v) is 21.3. The maximum Gasteiger partial charge on any atom is 0.352 e. The number of rotatable bonds is 10. The molecule has 2 amide bonds. The highest BCUT2D eigenvalue weighted by molar-refractivity contribution is 8.01. The molecule has 190 valence electrons. The van der Waals surface area contributed by atoms with Crippen LogP contribution < -0.4 is 11.1 Å². The SMILES string of the molecule is CC(ON=C(C(=O)NC1C(=O)N2C(C(=O)O)=C(CSc3nncs3)CS[C@H]12)c1nsc(N)n1)C(=O)O. The minimum absolute atomic E-state index is 0.0284. The molecule has 2 aromatic heterocycles. The molecule has 0 radical (unpaired) electrons. The molecule has 2 aromatic rings. The Balaban J connectivity index is 1.50. The van der Waals surface area contributed by atoms with Crippen molar-refractivity contribution in [1.82, 2.24) is 29.8 Å². The number of nitrogens with two attached hydrogens (primary N) is 1. The summed E-state index contributed by atoms with van der Waals surface area (Å²) in [6.45, 7) is 1.21. The lowest BCUT2D eigenvalue weighted by molar-refractivity contribution is -0.150. The topological polar surface area (TPSA) is 223 Å². The number of β-lactam (4-membered cyclic amide) rings is 1. The summed E-state index contributed by atoms with van der Waals surface area (Å²) in [4.78, 5) is 58.8. The maximum atomic E-state index is 13.0. The maximum absolute atomic E-state index is 13.0. The first kappa shape index (κ1) is 25.8. The van der Waals surface area contributed by atoms with E-state index in [1.54, 1.807) is 5.51 Å². The number of hydrogen-bond acceptors (Lipinski definition) is 15. The van der Waals surface area contributed by atoms with E-state index in [2.05, 4.69) is 30.0 Å². The molecular formula is C17H16N8O7S4. The third kappa shape index (κ3) is 5.27. The molecule has 2 aliphatic rings. The van der Waals surface area contributed by atoms with Gasteiger partial charge in [0.05, 0.1) is 0 Å². The molecule has 0 aromatic carbocycles. The van der Waals surface area contributed by atoms with Crippen LogP contribution in [0.25, 0.3) is 0 Å². The number of aliphatic carboxylic acids is 2. The Labute approximate surface area is 218 Å². The van der Waals surface area contributed by atoms with Gasteiger partial charge in [-0.05, 0) is 12.5 Å². The molecule has 1 saturated heterocycles. The van der Waals surface area contributed by atoms with E-state index in [0.29, 0.717) is 21.4 Å². The Morgan fingerprint density at radius 1 is 1.42 bits per heavy atom. The third-order valence-corrected chi connectivity index (χ3v) is 8.59. The van der Waals surface area contributed by atoms with E-state index >= 15 is 0 Å². The van der Waals surface area contributed by atoms with E-state index in [1.165, 1.54) is 41.8 Å². The van der Waals surface area contributed by atoms with Crippen molar-refractivity contribution >= 4 is 81.0 Å². The first-order chi connectivity index (χ1) is 17.2. The molecule has 0 bridgehead atoms. The Morgan fingerprint density at radius 3 is 2.81 bits per heavy atom. The van der Waals surface area contributed by atoms with Crippen LogP contribution in [0.3, 0.4) is 0 Å². The second-order valence-electron chi connectivity index (χ2n) is 7.09. The number of hydrogen-bond donors (Lipinski definition) is 4. The molecule has 36 heavy (non-hydrogen) atoms. The monoisotopic (exact) mass is 572 g/mol. The van der Waals surface area contributed by atoms with Crippen molar-refractivity contribution in [2.75, 3.05) is 17.2 Å². The fourth-order valence-corrected chi connectivity index (χ4v) is 6.48. The lowest BCUT2D eigenvalue weighted by atomic mass is 10.0. The molecule has 0 aliphatic carbocycles. The van der Waals surface area contributed by atoms with Gasteiger partial charge in [0, 0.05) is 23.0 Å². The minimum Gasteiger partial charge on any atom is -0.478 e. The number of carbonyl (C=O) groups is 4. The number of carbonyl (C=O) groups excluding carboxylic acids is 2. The molecule has 15 nitrogen and oxygen atoms in total. The number of nitrogens with zero attached hydrogens (tertiary/aromatic N) is 6. The van der Waals surface area contributed by atoms with E-state index in [0.717, 1.165) is 16.4 Å². The Kier molecular flexibility index (Phi) is 7.71. The Morgan fingerprint density at radius 2 is 2.19 bits per heavy atom. The van der Waals surface area contributed by atoms with Crippen molar-refractivity contribution in [3.63, 3.8) is 0 Å². The van der Waals surface area contributed by atoms with Crippen LogP contribution >= 0.6 is 46.4 Å². The summed E-state index contributed by atoms with van der Waals surface area (Å²) in [5.41, 5.74) is 7.07. The van der Waals surface area contributed by atoms with Crippen LogP contribution in [0.2, 0.25) is 0 Å². The largest absolute Gasteiger partial charge is 0.478 e. The van der Waals surface area contributed by atoms with Gasteiger partial charge in [-0.2, -0.15) is 9.36 Å². The van der Waals surface area contributed by atoms with Gasteiger partial charge in [0.1, 0.15) is 22.6 Å². The predicted molar refractivity (Wildman–Crippen MR) is 129 cm³/mol. The second kappa shape index (κ2) is 10.8. The van der Waals surface area contributed by atoms with Crippen molar-refractivity contribution in [2.24, 2.45) is 5.16 Å². The number of oxime groups is 1. The zero-order chi connectivity index (χ0) is 26.0. The van der Waals surface area contributed by atoms with Crippen LogP contribution in [0.1, 0.15) is 12.7 Å². The first-order valence-corrected chi connectivity index (χ1v) is 13.5. The molecule has 1 fully saturated rings. The van der Waals surface area contributed by atoms with E-state index in [4.69, 9.17) is 15.7 Å². The van der Waals surface area contributed by atoms with Gasteiger partial charge in [0.2, 0.25) is 17.6 Å². The minimum atomic E-state index is -1.38. The van der Waals surface area contributed by atoms with Crippen LogP contribution in [0.5, 0.6) is 0 Å². The van der Waals surface area contributed by atoms with Crippen molar-refractivity contribution in [3.05, 3.63) is 22.6 Å². The van der Waals surface area contributed by atoms with Crippen LogP contribution in [0, 0.1) is 0 Å². The molecule has 5 N–H and O–H groups in total. The fraction of sp³-hybridized carbons (Fsp3) is 0.353. The van der Waals surface area contributed by atoms with Crippen molar-refractivity contribution < 1.29 is 34.2 Å². The fourth-order valence-electron chi connectivity index (χ4n) is 3.07. The van der Waals surface area contributed by atoms with Crippen LogP contribution in [0.15, 0.2) is 26.3 Å². The second-order valence-corrected chi connectivity index (χ2v) is 11.0. The molecule has 2 unspecified atom stereocenters. The summed E-state index contributed by atoms with van der Waals surface area (Å²) in [5, 5.41) is 31.9. The summed E-state index contributed by atoms with van der Waals surface area (Å²) in [7, 11) is 0. The molecular weight excluding hydrogens is 557 g/mol. The van der Waals surface area contributed by atoms with Gasteiger partial charge in [-0.1, -0.05) is 28.3 Å². The first-order valence-electron chi connectivity index (χ1n) is 9.83. The van der Waals surface area contributed by atoms with Crippen LogP contribution in [0.4, 0.5) is 5.13 Å². The number of aromatic nitrogens is 4. The smallest absolute Gasteiger partial charge is 0.352 e. The predicted octanol–water partition coefficient (Wildman–Crippen LogP) is -0.303. The highest BCUT2D eigenvalue weighted by atomic mass is 32.2. The van der Waals surface area contributed by atoms with E-state index in [-0.39, 0.29) is 16.7 Å². The van der Waals surface area contributed by atoms with Crippen molar-refractivity contribution in [1.29, 1.82) is 0 Å². The molecule has 19 heteroatoms. The molecule has 0 saturated carbocycles. The third-order valence-electron chi connectivity index (χ3n) is 4.76. The summed E-state index contributed by atoms with van der Waals surface area (Å²) in [6, 6.07) is -1.06. The number of nitrogen functional groups attached to an aromatic ring is 1. The number of carboxylic acid groups (broad SMARTS) is 2. The summed E-state index contributed by atoms with van der Waals surface area (Å²) < 4.78 is 4.56. The number of thioether (sulfide) groups is 2. The molecule has 3 atom stereocenters. The van der Waals surface area contributed by atoms with Gasteiger partial charge in [-0.25, -0.2) is 9.59 Å². The molecule has 0 spiro atoms. The molecule has 4 rings (SSSR count). The number of fused-ring (bicyclic) bond motifs is 1. The van der Waals surface area contributed by atoms with Gasteiger partial charge in [0.25, 0.3) is 11.8 Å². The number of carboxylic acids is 2. The van der Waals surface area contributed by atoms with Crippen molar-refractivity contribution in [3.8, 4) is 0 Å². The van der Waals surface area contributed by atoms with Gasteiger partial charge in [0.15, 0.2) is 9.47 Å². The van der Waals surface area contributed by atoms with Gasteiger partial charge in [-0.15, -0.1) is 22.0 Å². The van der Waals surface area contributed by atoms with Gasteiger partial charge >= 0.3 is 11.9 Å². The van der Waals surface area contributed by atoms with Crippen LogP contribution in [-0.2, 0) is 24.0 Å². The Hall–Kier alpha value is -3.29.